The average molecular weight is 224 g/mol. The van der Waals surface area contributed by atoms with Gasteiger partial charge in [0, 0.05) is 12.1 Å². The van der Waals surface area contributed by atoms with Crippen LogP contribution in [0.2, 0.25) is 0 Å². The van der Waals surface area contributed by atoms with Crippen LogP contribution >= 0.6 is 0 Å². The van der Waals surface area contributed by atoms with E-state index in [0.29, 0.717) is 5.41 Å². The Bertz CT molecular complexity index is 237. The van der Waals surface area contributed by atoms with Crippen LogP contribution in [0.3, 0.4) is 0 Å². The third kappa shape index (κ3) is 2.78. The second-order valence-corrected chi connectivity index (χ2v) is 7.00. The first-order valence-corrected chi connectivity index (χ1v) is 6.91. The molecule has 0 aromatic rings. The Hall–Kier alpha value is -0.0800. The molecule has 0 saturated heterocycles. The van der Waals surface area contributed by atoms with Crippen LogP contribution in [0.4, 0.5) is 0 Å². The third-order valence-electron chi connectivity index (χ3n) is 4.97. The van der Waals surface area contributed by atoms with Gasteiger partial charge in [0.25, 0.3) is 0 Å². The van der Waals surface area contributed by atoms with Crippen molar-refractivity contribution in [1.29, 1.82) is 0 Å². The summed E-state index contributed by atoms with van der Waals surface area (Å²) in [6, 6.07) is 0. The quantitative estimate of drug-likeness (QED) is 0.770. The van der Waals surface area contributed by atoms with Crippen LogP contribution in [0, 0.1) is 17.3 Å². The van der Waals surface area contributed by atoms with Gasteiger partial charge in [0.05, 0.1) is 0 Å². The van der Waals surface area contributed by atoms with E-state index in [1.54, 1.807) is 0 Å². The Morgan fingerprint density at radius 2 is 1.75 bits per heavy atom. The molecule has 0 amide bonds. The summed E-state index contributed by atoms with van der Waals surface area (Å²) in [6.45, 7) is 9.13. The Labute approximate surface area is 100 Å². The summed E-state index contributed by atoms with van der Waals surface area (Å²) in [7, 11) is 0. The largest absolute Gasteiger partial charge is 0.329 e. The van der Waals surface area contributed by atoms with Crippen LogP contribution in [0.25, 0.3) is 0 Å². The lowest BCUT2D eigenvalue weighted by Crippen LogP contribution is -2.54. The van der Waals surface area contributed by atoms with Gasteiger partial charge in [-0.25, -0.2) is 0 Å². The number of nitrogens with one attached hydrogen (secondary N) is 1. The van der Waals surface area contributed by atoms with E-state index < -0.39 is 0 Å². The predicted octanol–water partition coefficient (Wildman–Crippen LogP) is 2.53. The monoisotopic (exact) mass is 224 g/mol. The van der Waals surface area contributed by atoms with Crippen molar-refractivity contribution in [2.24, 2.45) is 23.0 Å². The zero-order chi connectivity index (χ0) is 11.8. The molecular weight excluding hydrogens is 196 g/mol. The first kappa shape index (κ1) is 12.4. The van der Waals surface area contributed by atoms with Crippen LogP contribution in [0.15, 0.2) is 0 Å². The molecule has 2 nitrogen and oxygen atoms in total. The maximum absolute atomic E-state index is 6.01. The SMILES string of the molecule is CC1CC1CNC1(CN)CCC(C)(C)CC1. The summed E-state index contributed by atoms with van der Waals surface area (Å²) in [5.41, 5.74) is 6.80. The van der Waals surface area contributed by atoms with Crippen molar-refractivity contribution in [2.45, 2.75) is 58.4 Å². The van der Waals surface area contributed by atoms with Crippen molar-refractivity contribution in [1.82, 2.24) is 5.32 Å². The molecule has 94 valence electrons. The average Bonchev–Trinajstić information content (AvgIpc) is 2.94. The van der Waals surface area contributed by atoms with E-state index in [4.69, 9.17) is 5.73 Å². The van der Waals surface area contributed by atoms with Gasteiger partial charge in [-0.15, -0.1) is 0 Å². The normalized spacial score (nSPS) is 36.0. The van der Waals surface area contributed by atoms with Crippen LogP contribution in [-0.4, -0.2) is 18.6 Å². The van der Waals surface area contributed by atoms with Gasteiger partial charge >= 0.3 is 0 Å². The topological polar surface area (TPSA) is 38.0 Å². The number of nitrogens with two attached hydrogens (primary N) is 1. The molecule has 2 rings (SSSR count). The molecular formula is C14H28N2. The molecule has 2 fully saturated rings. The zero-order valence-electron chi connectivity index (χ0n) is 11.2. The van der Waals surface area contributed by atoms with E-state index in [9.17, 15) is 0 Å². The first-order valence-electron chi connectivity index (χ1n) is 6.91. The van der Waals surface area contributed by atoms with Crippen molar-refractivity contribution in [2.75, 3.05) is 13.1 Å². The number of rotatable bonds is 4. The molecule has 0 radical (unpaired) electrons. The van der Waals surface area contributed by atoms with Gasteiger partial charge in [0.15, 0.2) is 0 Å². The third-order valence-corrected chi connectivity index (χ3v) is 4.97. The minimum absolute atomic E-state index is 0.262. The molecule has 3 N–H and O–H groups in total. The van der Waals surface area contributed by atoms with Crippen LogP contribution in [0.5, 0.6) is 0 Å². The number of hydrogen-bond acceptors (Lipinski definition) is 2. The molecule has 0 heterocycles. The first-order chi connectivity index (χ1) is 7.46. The van der Waals surface area contributed by atoms with Gasteiger partial charge in [-0.3, -0.25) is 0 Å². The lowest BCUT2D eigenvalue weighted by Gasteiger charge is -2.44. The summed E-state index contributed by atoms with van der Waals surface area (Å²) in [6.07, 6.45) is 6.57. The van der Waals surface area contributed by atoms with Gasteiger partial charge in [-0.2, -0.15) is 0 Å². The van der Waals surface area contributed by atoms with Gasteiger partial charge < -0.3 is 11.1 Å². The molecule has 0 spiro atoms. The summed E-state index contributed by atoms with van der Waals surface area (Å²) in [5, 5.41) is 3.79. The molecule has 0 aromatic heterocycles. The van der Waals surface area contributed by atoms with Crippen LogP contribution in [0.1, 0.15) is 52.9 Å². The second-order valence-electron chi connectivity index (χ2n) is 7.00. The molecule has 2 atom stereocenters. The smallest absolute Gasteiger partial charge is 0.0304 e. The minimum atomic E-state index is 0.262. The summed E-state index contributed by atoms with van der Waals surface area (Å²) >= 11 is 0. The lowest BCUT2D eigenvalue weighted by atomic mass is 9.69. The molecule has 0 aliphatic heterocycles. The van der Waals surface area contributed by atoms with Crippen molar-refractivity contribution in [3.05, 3.63) is 0 Å². The molecule has 16 heavy (non-hydrogen) atoms. The Morgan fingerprint density at radius 1 is 1.19 bits per heavy atom. The Kier molecular flexibility index (Phi) is 3.33. The van der Waals surface area contributed by atoms with Gasteiger partial charge in [-0.05, 0) is 55.9 Å². The van der Waals surface area contributed by atoms with Gasteiger partial charge in [-0.1, -0.05) is 20.8 Å². The van der Waals surface area contributed by atoms with E-state index in [2.05, 4.69) is 26.1 Å². The fourth-order valence-corrected chi connectivity index (χ4v) is 2.89. The number of hydrogen-bond donors (Lipinski definition) is 2. The van der Waals surface area contributed by atoms with Gasteiger partial charge in [0.2, 0.25) is 0 Å². The zero-order valence-corrected chi connectivity index (χ0v) is 11.2. The Morgan fingerprint density at radius 3 is 2.19 bits per heavy atom. The predicted molar refractivity (Wildman–Crippen MR) is 69.3 cm³/mol. The van der Waals surface area contributed by atoms with Gasteiger partial charge in [0.1, 0.15) is 0 Å². The second kappa shape index (κ2) is 4.30. The molecule has 2 saturated carbocycles. The Balaban J connectivity index is 1.83. The molecule has 0 aromatic carbocycles. The molecule has 2 aliphatic rings. The van der Waals surface area contributed by atoms with E-state index in [0.717, 1.165) is 18.4 Å². The maximum Gasteiger partial charge on any atom is 0.0304 e. The highest BCUT2D eigenvalue weighted by molar-refractivity contribution is 4.98. The van der Waals surface area contributed by atoms with Crippen molar-refractivity contribution in [3.63, 3.8) is 0 Å². The summed E-state index contributed by atoms with van der Waals surface area (Å²) < 4.78 is 0. The van der Waals surface area contributed by atoms with E-state index in [1.807, 2.05) is 0 Å². The van der Waals surface area contributed by atoms with Crippen LogP contribution < -0.4 is 11.1 Å². The highest BCUT2D eigenvalue weighted by atomic mass is 15.0. The van der Waals surface area contributed by atoms with E-state index in [-0.39, 0.29) is 5.54 Å². The fourth-order valence-electron chi connectivity index (χ4n) is 2.89. The summed E-state index contributed by atoms with van der Waals surface area (Å²) in [5.74, 6) is 1.88. The minimum Gasteiger partial charge on any atom is -0.329 e. The lowest BCUT2D eigenvalue weighted by molar-refractivity contribution is 0.138. The van der Waals surface area contributed by atoms with Crippen molar-refractivity contribution >= 4 is 0 Å². The molecule has 2 aliphatic carbocycles. The van der Waals surface area contributed by atoms with Crippen molar-refractivity contribution in [3.8, 4) is 0 Å². The molecule has 0 bridgehead atoms. The molecule has 2 unspecified atom stereocenters. The van der Waals surface area contributed by atoms with Crippen molar-refractivity contribution < 1.29 is 0 Å². The highest BCUT2D eigenvalue weighted by Crippen LogP contribution is 2.41. The van der Waals surface area contributed by atoms with Crippen LogP contribution in [-0.2, 0) is 0 Å². The maximum atomic E-state index is 6.01. The highest BCUT2D eigenvalue weighted by Gasteiger charge is 2.39. The van der Waals surface area contributed by atoms with E-state index in [1.165, 1.54) is 38.6 Å². The molecule has 2 heteroatoms. The standard InChI is InChI=1S/C14H28N2/c1-11-8-12(11)9-16-14(10-15)6-4-13(2,3)5-7-14/h11-12,16H,4-10,15H2,1-3H3. The fraction of sp³-hybridized carbons (Fsp3) is 1.00. The summed E-state index contributed by atoms with van der Waals surface area (Å²) in [4.78, 5) is 0. The van der Waals surface area contributed by atoms with E-state index >= 15 is 0 Å².